The first kappa shape index (κ1) is 62.1. The maximum Gasteiger partial charge on any atom is 0.306 e. The van der Waals surface area contributed by atoms with Gasteiger partial charge in [0.05, 0.1) is 6.61 Å². The summed E-state index contributed by atoms with van der Waals surface area (Å²) in [4.78, 5) is 25.5. The van der Waals surface area contributed by atoms with E-state index in [1.165, 1.54) is 212 Å². The molecular formula is C59H110O5. The molecule has 64 heavy (non-hydrogen) atoms. The van der Waals surface area contributed by atoms with Gasteiger partial charge in [-0.3, -0.25) is 9.59 Å². The van der Waals surface area contributed by atoms with E-state index in [2.05, 4.69) is 57.2 Å². The van der Waals surface area contributed by atoms with Crippen LogP contribution in [-0.2, 0) is 23.8 Å². The third-order valence-corrected chi connectivity index (χ3v) is 12.6. The van der Waals surface area contributed by atoms with Gasteiger partial charge in [0, 0.05) is 19.4 Å². The van der Waals surface area contributed by atoms with Crippen LogP contribution in [0.1, 0.15) is 303 Å². The standard InChI is InChI=1S/C59H110O5/c1-4-7-10-13-16-19-22-25-27-28-29-30-31-33-36-39-42-45-48-51-54-62-55-57(64-59(61)53-50-47-44-41-38-34-24-21-18-15-12-9-6-3)56-63-58(60)52-49-46-43-40-37-35-32-26-23-20-17-14-11-8-5-2/h17,20,25-27,32,57H,4-16,18-19,21-24,28-31,33-56H2,1-3H3/b20-17-,27-25-,32-26-. The lowest BCUT2D eigenvalue weighted by Crippen LogP contribution is -2.30. The molecule has 0 aromatic carbocycles. The number of allylic oxidation sites excluding steroid dienone is 6. The second-order valence-corrected chi connectivity index (χ2v) is 19.2. The van der Waals surface area contributed by atoms with Gasteiger partial charge in [0.15, 0.2) is 6.10 Å². The van der Waals surface area contributed by atoms with Crippen LogP contribution in [0.4, 0.5) is 0 Å². The molecule has 0 fully saturated rings. The summed E-state index contributed by atoms with van der Waals surface area (Å²) in [5.74, 6) is -0.397. The minimum atomic E-state index is -0.538. The van der Waals surface area contributed by atoms with Crippen molar-refractivity contribution in [3.05, 3.63) is 36.5 Å². The Bertz CT molecular complexity index is 1020. The molecule has 0 aliphatic carbocycles. The first-order valence-corrected chi connectivity index (χ1v) is 28.5. The molecule has 0 bridgehead atoms. The zero-order valence-corrected chi connectivity index (χ0v) is 43.3. The molecule has 0 aromatic rings. The van der Waals surface area contributed by atoms with E-state index in [0.29, 0.717) is 19.4 Å². The molecule has 0 heterocycles. The van der Waals surface area contributed by atoms with Crippen molar-refractivity contribution >= 4 is 11.9 Å². The summed E-state index contributed by atoms with van der Waals surface area (Å²) in [6.07, 6.45) is 67.3. The summed E-state index contributed by atoms with van der Waals surface area (Å²) in [5, 5.41) is 0. The van der Waals surface area contributed by atoms with E-state index >= 15 is 0 Å². The number of hydrogen-bond acceptors (Lipinski definition) is 5. The van der Waals surface area contributed by atoms with Crippen LogP contribution in [0.2, 0.25) is 0 Å². The van der Waals surface area contributed by atoms with Crippen molar-refractivity contribution in [1.82, 2.24) is 0 Å². The lowest BCUT2D eigenvalue weighted by atomic mass is 10.0. The highest BCUT2D eigenvalue weighted by atomic mass is 16.6. The van der Waals surface area contributed by atoms with Gasteiger partial charge in [0.25, 0.3) is 0 Å². The van der Waals surface area contributed by atoms with Crippen molar-refractivity contribution in [2.24, 2.45) is 0 Å². The molecule has 0 saturated carbocycles. The molecule has 0 aliphatic rings. The molecule has 0 spiro atoms. The van der Waals surface area contributed by atoms with Crippen LogP contribution in [0.15, 0.2) is 36.5 Å². The Morgan fingerprint density at radius 3 is 1.08 bits per heavy atom. The van der Waals surface area contributed by atoms with Gasteiger partial charge in [-0.2, -0.15) is 0 Å². The molecule has 0 saturated heterocycles. The fraction of sp³-hybridized carbons (Fsp3) is 0.864. The summed E-state index contributed by atoms with van der Waals surface area (Å²) >= 11 is 0. The quantitative estimate of drug-likeness (QED) is 0.0346. The van der Waals surface area contributed by atoms with Gasteiger partial charge < -0.3 is 14.2 Å². The van der Waals surface area contributed by atoms with Crippen LogP contribution in [0.25, 0.3) is 0 Å². The molecule has 0 aromatic heterocycles. The van der Waals surface area contributed by atoms with Gasteiger partial charge in [-0.05, 0) is 77.0 Å². The van der Waals surface area contributed by atoms with Gasteiger partial charge in [0.2, 0.25) is 0 Å². The molecule has 0 aliphatic heterocycles. The van der Waals surface area contributed by atoms with Crippen molar-refractivity contribution in [1.29, 1.82) is 0 Å². The molecule has 0 rings (SSSR count). The molecule has 5 nitrogen and oxygen atoms in total. The molecule has 376 valence electrons. The number of esters is 2. The van der Waals surface area contributed by atoms with E-state index in [1.807, 2.05) is 0 Å². The predicted molar refractivity (Wildman–Crippen MR) is 279 cm³/mol. The van der Waals surface area contributed by atoms with E-state index in [-0.39, 0.29) is 25.2 Å². The molecule has 0 N–H and O–H groups in total. The zero-order chi connectivity index (χ0) is 46.3. The smallest absolute Gasteiger partial charge is 0.306 e. The molecular weight excluding hydrogens is 789 g/mol. The predicted octanol–water partition coefficient (Wildman–Crippen LogP) is 19.4. The van der Waals surface area contributed by atoms with Crippen molar-refractivity contribution < 1.29 is 23.8 Å². The van der Waals surface area contributed by atoms with E-state index in [9.17, 15) is 9.59 Å². The first-order valence-electron chi connectivity index (χ1n) is 28.5. The van der Waals surface area contributed by atoms with Gasteiger partial charge >= 0.3 is 11.9 Å². The van der Waals surface area contributed by atoms with Crippen molar-refractivity contribution in [3.8, 4) is 0 Å². The molecule has 0 amide bonds. The SMILES string of the molecule is CCCCC/C=C\C/C=C\CCCCCCCC(=O)OCC(COCCCCCCCCCCCC/C=C\CCCCCCCC)OC(=O)CCCCCCCCCCCCCCC. The summed E-state index contributed by atoms with van der Waals surface area (Å²) in [7, 11) is 0. The summed E-state index contributed by atoms with van der Waals surface area (Å²) in [5.41, 5.74) is 0. The van der Waals surface area contributed by atoms with Crippen LogP contribution in [0.5, 0.6) is 0 Å². The van der Waals surface area contributed by atoms with Crippen LogP contribution >= 0.6 is 0 Å². The van der Waals surface area contributed by atoms with Crippen LogP contribution in [0, 0.1) is 0 Å². The Labute approximate surface area is 400 Å². The maximum absolute atomic E-state index is 12.8. The maximum atomic E-state index is 12.8. The van der Waals surface area contributed by atoms with Crippen LogP contribution in [0.3, 0.4) is 0 Å². The fourth-order valence-electron chi connectivity index (χ4n) is 8.36. The Hall–Kier alpha value is -1.88. The monoisotopic (exact) mass is 899 g/mol. The summed E-state index contributed by atoms with van der Waals surface area (Å²) in [6.45, 7) is 7.83. The highest BCUT2D eigenvalue weighted by Crippen LogP contribution is 2.16. The Balaban J connectivity index is 4.22. The van der Waals surface area contributed by atoms with Crippen LogP contribution < -0.4 is 0 Å². The highest BCUT2D eigenvalue weighted by molar-refractivity contribution is 5.70. The Morgan fingerprint density at radius 2 is 0.656 bits per heavy atom. The van der Waals surface area contributed by atoms with Gasteiger partial charge in [-0.1, -0.05) is 250 Å². The lowest BCUT2D eigenvalue weighted by Gasteiger charge is -2.18. The van der Waals surface area contributed by atoms with Crippen molar-refractivity contribution in [2.75, 3.05) is 19.8 Å². The number of ether oxygens (including phenoxy) is 3. The first-order chi connectivity index (χ1) is 31.6. The van der Waals surface area contributed by atoms with Crippen molar-refractivity contribution in [2.45, 2.75) is 309 Å². The number of hydrogen-bond donors (Lipinski definition) is 0. The molecule has 5 heteroatoms. The van der Waals surface area contributed by atoms with E-state index < -0.39 is 6.10 Å². The second kappa shape index (κ2) is 55.4. The summed E-state index contributed by atoms with van der Waals surface area (Å²) < 4.78 is 17.5. The Morgan fingerprint density at radius 1 is 0.344 bits per heavy atom. The summed E-state index contributed by atoms with van der Waals surface area (Å²) in [6, 6.07) is 0. The third-order valence-electron chi connectivity index (χ3n) is 12.6. The minimum Gasteiger partial charge on any atom is -0.462 e. The topological polar surface area (TPSA) is 61.8 Å². The normalized spacial score (nSPS) is 12.4. The van der Waals surface area contributed by atoms with Crippen LogP contribution in [-0.4, -0.2) is 37.9 Å². The molecule has 0 radical (unpaired) electrons. The number of unbranched alkanes of at least 4 members (excludes halogenated alkanes) is 36. The minimum absolute atomic E-state index is 0.0827. The lowest BCUT2D eigenvalue weighted by molar-refractivity contribution is -0.163. The number of rotatable bonds is 53. The molecule has 1 unspecified atom stereocenters. The van der Waals surface area contributed by atoms with Crippen molar-refractivity contribution in [3.63, 3.8) is 0 Å². The number of carbonyl (C=O) groups excluding carboxylic acids is 2. The van der Waals surface area contributed by atoms with Gasteiger partial charge in [-0.25, -0.2) is 0 Å². The highest BCUT2D eigenvalue weighted by Gasteiger charge is 2.17. The van der Waals surface area contributed by atoms with E-state index in [4.69, 9.17) is 14.2 Å². The van der Waals surface area contributed by atoms with Gasteiger partial charge in [-0.15, -0.1) is 0 Å². The fourth-order valence-corrected chi connectivity index (χ4v) is 8.36. The Kier molecular flexibility index (Phi) is 53.8. The van der Waals surface area contributed by atoms with E-state index in [0.717, 1.165) is 57.8 Å². The average molecular weight is 900 g/mol. The molecule has 1 atom stereocenters. The number of carbonyl (C=O) groups is 2. The second-order valence-electron chi connectivity index (χ2n) is 19.2. The third kappa shape index (κ3) is 52.7. The van der Waals surface area contributed by atoms with Gasteiger partial charge in [0.1, 0.15) is 6.61 Å². The van der Waals surface area contributed by atoms with E-state index in [1.54, 1.807) is 0 Å². The zero-order valence-electron chi connectivity index (χ0n) is 43.3. The average Bonchev–Trinajstić information content (AvgIpc) is 3.30. The largest absolute Gasteiger partial charge is 0.462 e.